The average molecular weight is 273 g/mol. The van der Waals surface area contributed by atoms with E-state index in [2.05, 4.69) is 31.3 Å². The molecular weight excluding hydrogens is 250 g/mol. The molecule has 1 aliphatic carbocycles. The van der Waals surface area contributed by atoms with E-state index in [1.54, 1.807) is 16.7 Å². The first-order valence-electron chi connectivity index (χ1n) is 7.39. The van der Waals surface area contributed by atoms with E-state index >= 15 is 0 Å². The Morgan fingerprint density at radius 1 is 1.21 bits per heavy atom. The Hall–Kier alpha value is -0.860. The van der Waals surface area contributed by atoms with Gasteiger partial charge < -0.3 is 5.32 Å². The van der Waals surface area contributed by atoms with Gasteiger partial charge in [0, 0.05) is 16.1 Å². The number of hydrogen-bond acceptors (Lipinski definition) is 2. The van der Waals surface area contributed by atoms with Crippen LogP contribution in [0.1, 0.15) is 41.8 Å². The first kappa shape index (κ1) is 13.1. The summed E-state index contributed by atoms with van der Waals surface area (Å²) in [6.45, 7) is 5.64. The average Bonchev–Trinajstić information content (AvgIpc) is 2.92. The van der Waals surface area contributed by atoms with Gasteiger partial charge in [-0.1, -0.05) is 13.8 Å². The van der Waals surface area contributed by atoms with E-state index in [1.807, 2.05) is 18.4 Å². The van der Waals surface area contributed by atoms with Gasteiger partial charge in [0.05, 0.1) is 0 Å². The van der Waals surface area contributed by atoms with Crippen LogP contribution in [-0.2, 0) is 25.8 Å². The van der Waals surface area contributed by atoms with Crippen molar-refractivity contribution in [3.8, 4) is 0 Å². The highest BCUT2D eigenvalue weighted by atomic mass is 32.1. The number of nitrogens with one attached hydrogen (secondary N) is 1. The minimum absolute atomic E-state index is 0.724. The largest absolute Gasteiger partial charge is 0.315 e. The van der Waals surface area contributed by atoms with Crippen LogP contribution in [0.25, 0.3) is 10.1 Å². The lowest BCUT2D eigenvalue weighted by Crippen LogP contribution is -2.06. The summed E-state index contributed by atoms with van der Waals surface area (Å²) in [5.74, 6) is 0.724. The molecule has 0 saturated heterocycles. The third kappa shape index (κ3) is 2.44. The van der Waals surface area contributed by atoms with Crippen molar-refractivity contribution in [3.05, 3.63) is 33.7 Å². The monoisotopic (exact) mass is 273 g/mol. The Morgan fingerprint density at radius 3 is 2.63 bits per heavy atom. The highest BCUT2D eigenvalue weighted by molar-refractivity contribution is 7.19. The van der Waals surface area contributed by atoms with Crippen LogP contribution in [0.5, 0.6) is 0 Å². The summed E-state index contributed by atoms with van der Waals surface area (Å²) in [7, 11) is 2.05. The molecule has 0 aliphatic heterocycles. The maximum Gasteiger partial charge on any atom is 0.0351 e. The molecule has 2 heteroatoms. The van der Waals surface area contributed by atoms with Gasteiger partial charge in [-0.25, -0.2) is 0 Å². The van der Waals surface area contributed by atoms with Crippen molar-refractivity contribution in [1.82, 2.24) is 5.32 Å². The molecule has 1 aromatic carbocycles. The molecule has 0 saturated carbocycles. The number of hydrogen-bond donors (Lipinski definition) is 1. The van der Waals surface area contributed by atoms with Crippen molar-refractivity contribution in [3.63, 3.8) is 0 Å². The molecule has 0 atom stereocenters. The summed E-state index contributed by atoms with van der Waals surface area (Å²) in [5, 5.41) is 4.86. The van der Waals surface area contributed by atoms with Crippen LogP contribution in [0.4, 0.5) is 0 Å². The molecule has 102 valence electrons. The van der Waals surface area contributed by atoms with E-state index in [0.29, 0.717) is 0 Å². The second-order valence-electron chi connectivity index (χ2n) is 6.10. The van der Waals surface area contributed by atoms with Crippen molar-refractivity contribution < 1.29 is 0 Å². The number of benzene rings is 1. The van der Waals surface area contributed by atoms with Gasteiger partial charge in [0.15, 0.2) is 0 Å². The van der Waals surface area contributed by atoms with Crippen molar-refractivity contribution in [2.75, 3.05) is 7.05 Å². The predicted molar refractivity (Wildman–Crippen MR) is 85.2 cm³/mol. The zero-order valence-electron chi connectivity index (χ0n) is 12.2. The molecule has 0 spiro atoms. The van der Waals surface area contributed by atoms with Gasteiger partial charge in [-0.15, -0.1) is 11.3 Å². The van der Waals surface area contributed by atoms with E-state index in [9.17, 15) is 0 Å². The maximum atomic E-state index is 3.33. The maximum absolute atomic E-state index is 3.33. The molecule has 1 aromatic heterocycles. The minimum Gasteiger partial charge on any atom is -0.315 e. The molecule has 1 heterocycles. The van der Waals surface area contributed by atoms with Crippen molar-refractivity contribution in [1.29, 1.82) is 0 Å². The third-order valence-electron chi connectivity index (χ3n) is 4.04. The molecule has 1 nitrogen and oxygen atoms in total. The van der Waals surface area contributed by atoms with Crippen LogP contribution in [0.15, 0.2) is 12.1 Å². The van der Waals surface area contributed by atoms with Crippen molar-refractivity contribution >= 4 is 21.4 Å². The Kier molecular flexibility index (Phi) is 3.64. The van der Waals surface area contributed by atoms with Gasteiger partial charge in [-0.3, -0.25) is 0 Å². The molecule has 19 heavy (non-hydrogen) atoms. The van der Waals surface area contributed by atoms with Crippen LogP contribution in [0, 0.1) is 5.92 Å². The van der Waals surface area contributed by atoms with E-state index in [0.717, 1.165) is 12.5 Å². The Bertz CT molecular complexity index is 595. The Morgan fingerprint density at radius 2 is 1.95 bits per heavy atom. The molecule has 2 aromatic rings. The summed E-state index contributed by atoms with van der Waals surface area (Å²) >= 11 is 1.99. The van der Waals surface area contributed by atoms with Gasteiger partial charge in [0.2, 0.25) is 0 Å². The summed E-state index contributed by atoms with van der Waals surface area (Å²) < 4.78 is 1.50. The smallest absolute Gasteiger partial charge is 0.0351 e. The summed E-state index contributed by atoms with van der Waals surface area (Å²) in [5.41, 5.74) is 4.80. The van der Waals surface area contributed by atoms with E-state index in [1.165, 1.54) is 40.6 Å². The molecule has 0 radical (unpaired) electrons. The number of fused-ring (bicyclic) bond motifs is 2. The third-order valence-corrected chi connectivity index (χ3v) is 5.23. The lowest BCUT2D eigenvalue weighted by atomic mass is 9.97. The topological polar surface area (TPSA) is 12.0 Å². The standard InChI is InChI=1S/C17H23NS/c1-11(2)7-14-15-8-12-5-4-6-13(12)9-16(15)19-17(14)10-18-3/h8-9,11,18H,4-7,10H2,1-3H3. The molecule has 0 fully saturated rings. The lowest BCUT2D eigenvalue weighted by molar-refractivity contribution is 0.645. The van der Waals surface area contributed by atoms with Crippen LogP contribution in [0.3, 0.4) is 0 Å². The van der Waals surface area contributed by atoms with Crippen LogP contribution < -0.4 is 5.32 Å². The number of thiophene rings is 1. The molecule has 1 N–H and O–H groups in total. The second kappa shape index (κ2) is 5.26. The summed E-state index contributed by atoms with van der Waals surface area (Å²) in [4.78, 5) is 1.54. The van der Waals surface area contributed by atoms with Gasteiger partial charge in [-0.2, -0.15) is 0 Å². The zero-order valence-corrected chi connectivity index (χ0v) is 13.0. The predicted octanol–water partition coefficient (Wildman–Crippen LogP) is 4.31. The van der Waals surface area contributed by atoms with E-state index in [-0.39, 0.29) is 0 Å². The fourth-order valence-corrected chi connectivity index (χ4v) is 4.49. The Balaban J connectivity index is 2.14. The Labute approximate surface area is 120 Å². The van der Waals surface area contributed by atoms with Crippen LogP contribution in [0.2, 0.25) is 0 Å². The fourth-order valence-electron chi connectivity index (χ4n) is 3.20. The summed E-state index contributed by atoms with van der Waals surface area (Å²) in [6.07, 6.45) is 5.11. The van der Waals surface area contributed by atoms with Gasteiger partial charge >= 0.3 is 0 Å². The molecule has 0 amide bonds. The quantitative estimate of drug-likeness (QED) is 0.875. The highest BCUT2D eigenvalue weighted by Crippen LogP contribution is 2.37. The normalized spacial score (nSPS) is 14.5. The zero-order chi connectivity index (χ0) is 13.4. The molecule has 1 aliphatic rings. The lowest BCUT2D eigenvalue weighted by Gasteiger charge is -2.08. The van der Waals surface area contributed by atoms with Gasteiger partial charge in [-0.05, 0) is 72.9 Å². The van der Waals surface area contributed by atoms with E-state index < -0.39 is 0 Å². The number of aryl methyl sites for hydroxylation is 2. The van der Waals surface area contributed by atoms with Crippen molar-refractivity contribution in [2.45, 2.75) is 46.1 Å². The minimum atomic E-state index is 0.724. The molecular formula is C17H23NS. The SMILES string of the molecule is CNCc1sc2cc3c(cc2c1CC(C)C)CCC3. The first-order chi connectivity index (χ1) is 9.19. The van der Waals surface area contributed by atoms with E-state index in [4.69, 9.17) is 0 Å². The first-order valence-corrected chi connectivity index (χ1v) is 8.21. The molecule has 0 bridgehead atoms. The number of rotatable bonds is 4. The fraction of sp³-hybridized carbons (Fsp3) is 0.529. The highest BCUT2D eigenvalue weighted by Gasteiger charge is 2.17. The van der Waals surface area contributed by atoms with Crippen LogP contribution >= 0.6 is 11.3 Å². The van der Waals surface area contributed by atoms with Gasteiger partial charge in [0.1, 0.15) is 0 Å². The van der Waals surface area contributed by atoms with Crippen molar-refractivity contribution in [2.24, 2.45) is 5.92 Å². The van der Waals surface area contributed by atoms with Crippen LogP contribution in [-0.4, -0.2) is 7.05 Å². The second-order valence-corrected chi connectivity index (χ2v) is 7.24. The summed E-state index contributed by atoms with van der Waals surface area (Å²) in [6, 6.07) is 4.95. The molecule has 0 unspecified atom stereocenters. The molecule has 3 rings (SSSR count). The van der Waals surface area contributed by atoms with Gasteiger partial charge in [0.25, 0.3) is 0 Å².